The highest BCUT2D eigenvalue weighted by atomic mass is 31.1. The molecule has 10 heteroatoms. The van der Waals surface area contributed by atoms with E-state index in [0.717, 1.165) is 45.5 Å². The van der Waals surface area contributed by atoms with Crippen LogP contribution in [0.4, 0.5) is 26.3 Å². The molecule has 0 saturated heterocycles. The molecule has 0 aliphatic heterocycles. The predicted molar refractivity (Wildman–Crippen MR) is 151 cm³/mol. The van der Waals surface area contributed by atoms with Gasteiger partial charge in [-0.05, 0) is 97.9 Å². The molecule has 2 nitrogen and oxygen atoms in total. The average Bonchev–Trinajstić information content (AvgIpc) is 2.95. The van der Waals surface area contributed by atoms with Gasteiger partial charge in [-0.2, -0.15) is 26.3 Å². The molecule has 0 amide bonds. The van der Waals surface area contributed by atoms with E-state index in [1.165, 1.54) is 24.3 Å². The van der Waals surface area contributed by atoms with Crippen molar-refractivity contribution in [1.82, 2.24) is 0 Å². The van der Waals surface area contributed by atoms with Crippen molar-refractivity contribution in [3.63, 3.8) is 0 Å². The van der Waals surface area contributed by atoms with Gasteiger partial charge in [-0.15, -0.1) is 0 Å². The van der Waals surface area contributed by atoms with Crippen LogP contribution < -0.4 is 30.7 Å². The van der Waals surface area contributed by atoms with Crippen LogP contribution >= 0.6 is 15.8 Å². The van der Waals surface area contributed by atoms with Crippen molar-refractivity contribution in [2.75, 3.05) is 26.5 Å². The van der Waals surface area contributed by atoms with Gasteiger partial charge in [0.1, 0.15) is 11.5 Å². The first-order valence-electron chi connectivity index (χ1n) is 12.2. The number of rotatable bonds is 9. The summed E-state index contributed by atoms with van der Waals surface area (Å²) in [5.41, 5.74) is -1.43. The van der Waals surface area contributed by atoms with Gasteiger partial charge in [0.25, 0.3) is 0 Å². The molecule has 40 heavy (non-hydrogen) atoms. The number of methoxy groups -OCH3 is 2. The summed E-state index contributed by atoms with van der Waals surface area (Å²) in [7, 11) is 0.960. The van der Waals surface area contributed by atoms with Crippen molar-refractivity contribution in [1.29, 1.82) is 0 Å². The lowest BCUT2D eigenvalue weighted by Crippen LogP contribution is -2.20. The van der Waals surface area contributed by atoms with Crippen LogP contribution in [0.2, 0.25) is 0 Å². The van der Waals surface area contributed by atoms with Gasteiger partial charge in [0.15, 0.2) is 0 Å². The van der Waals surface area contributed by atoms with Crippen LogP contribution in [0.15, 0.2) is 97.1 Å². The Balaban J connectivity index is 1.70. The molecule has 0 fully saturated rings. The minimum atomic E-state index is -4.44. The SMILES string of the molecule is COc1ccc(P(CCP(c2ccc(OC)cc2)c2ccc(C(F)(F)F)cc2)c2ccc(C(F)(F)F)cc2)cc1. The van der Waals surface area contributed by atoms with E-state index in [1.807, 2.05) is 48.5 Å². The molecule has 0 bridgehead atoms. The van der Waals surface area contributed by atoms with Crippen molar-refractivity contribution in [2.45, 2.75) is 12.4 Å². The summed E-state index contributed by atoms with van der Waals surface area (Å²) in [5.74, 6) is 1.33. The van der Waals surface area contributed by atoms with Crippen LogP contribution in [0.5, 0.6) is 11.5 Å². The monoisotopic (exact) mass is 594 g/mol. The second-order valence-electron chi connectivity index (χ2n) is 8.79. The topological polar surface area (TPSA) is 18.5 Å². The molecule has 210 valence electrons. The maximum absolute atomic E-state index is 13.2. The van der Waals surface area contributed by atoms with E-state index in [9.17, 15) is 26.3 Å². The Morgan fingerprint density at radius 1 is 0.450 bits per heavy atom. The molecule has 0 aliphatic carbocycles. The van der Waals surface area contributed by atoms with Gasteiger partial charge in [0, 0.05) is 0 Å². The number of hydrogen-bond donors (Lipinski definition) is 0. The van der Waals surface area contributed by atoms with E-state index in [-0.39, 0.29) is 0 Å². The van der Waals surface area contributed by atoms with E-state index >= 15 is 0 Å². The minimum absolute atomic E-state index is 0.617. The number of hydrogen-bond acceptors (Lipinski definition) is 2. The third kappa shape index (κ3) is 7.35. The largest absolute Gasteiger partial charge is 0.497 e. The smallest absolute Gasteiger partial charge is 0.416 e. The standard InChI is InChI=1S/C30H26F6O2P2/c1-37-23-7-15-27(16-8-23)39(25-11-3-21(4-12-25)29(31,32)33)19-20-40(28-17-9-24(38-2)10-18-28)26-13-5-22(6-14-26)30(34,35)36/h3-18H,19-20H2,1-2H3. The normalized spacial score (nSPS) is 13.5. The van der Waals surface area contributed by atoms with Crippen molar-refractivity contribution in [2.24, 2.45) is 0 Å². The molecule has 4 aromatic carbocycles. The lowest BCUT2D eigenvalue weighted by Gasteiger charge is -2.24. The fourth-order valence-corrected chi connectivity index (χ4v) is 9.46. The van der Waals surface area contributed by atoms with E-state index < -0.39 is 39.3 Å². The van der Waals surface area contributed by atoms with Crippen molar-refractivity contribution >= 4 is 37.1 Å². The molecule has 4 rings (SSSR count). The van der Waals surface area contributed by atoms with Crippen molar-refractivity contribution in [3.8, 4) is 11.5 Å². The van der Waals surface area contributed by atoms with Gasteiger partial charge in [0.2, 0.25) is 0 Å². The van der Waals surface area contributed by atoms with Crippen molar-refractivity contribution < 1.29 is 35.8 Å². The van der Waals surface area contributed by atoms with Gasteiger partial charge in [-0.3, -0.25) is 0 Å². The predicted octanol–water partition coefficient (Wildman–Crippen LogP) is 7.31. The Kier molecular flexibility index (Phi) is 9.43. The van der Waals surface area contributed by atoms with E-state index in [2.05, 4.69) is 0 Å². The van der Waals surface area contributed by atoms with Gasteiger partial charge in [-0.25, -0.2) is 0 Å². The summed E-state index contributed by atoms with van der Waals surface area (Å²) in [6, 6.07) is 25.4. The van der Waals surface area contributed by atoms with Crippen LogP contribution in [0.1, 0.15) is 11.1 Å². The summed E-state index contributed by atoms with van der Waals surface area (Å²) >= 11 is 0. The first kappa shape index (κ1) is 29.9. The number of halogens is 6. The minimum Gasteiger partial charge on any atom is -0.497 e. The first-order valence-corrected chi connectivity index (χ1v) is 15.2. The summed E-state index contributed by atoms with van der Waals surface area (Å²) in [5, 5.41) is 3.50. The van der Waals surface area contributed by atoms with Crippen LogP contribution in [-0.2, 0) is 12.4 Å². The Bertz CT molecular complexity index is 1260. The zero-order chi connectivity index (χ0) is 28.9. The third-order valence-corrected chi connectivity index (χ3v) is 11.7. The summed E-state index contributed by atoms with van der Waals surface area (Å²) in [6.07, 6.45) is -7.64. The molecular weight excluding hydrogens is 568 g/mol. The summed E-state index contributed by atoms with van der Waals surface area (Å²) in [4.78, 5) is 0. The molecule has 2 unspecified atom stereocenters. The highest BCUT2D eigenvalue weighted by Gasteiger charge is 2.31. The average molecular weight is 594 g/mol. The molecule has 0 aliphatic rings. The molecule has 0 radical (unpaired) electrons. The molecular formula is C30H26F6O2P2. The van der Waals surface area contributed by atoms with Crippen LogP contribution in [0, 0.1) is 0 Å². The lowest BCUT2D eigenvalue weighted by molar-refractivity contribution is -0.138. The van der Waals surface area contributed by atoms with Gasteiger partial charge in [-0.1, -0.05) is 48.5 Å². The van der Waals surface area contributed by atoms with Gasteiger partial charge < -0.3 is 9.47 Å². The second kappa shape index (κ2) is 12.6. The third-order valence-electron chi connectivity index (χ3n) is 6.33. The second-order valence-corrected chi connectivity index (χ2v) is 13.5. The number of benzene rings is 4. The summed E-state index contributed by atoms with van der Waals surface area (Å²) < 4.78 is 89.9. The zero-order valence-corrected chi connectivity index (χ0v) is 23.4. The highest BCUT2D eigenvalue weighted by molar-refractivity contribution is 7.76. The van der Waals surface area contributed by atoms with Crippen LogP contribution in [0.3, 0.4) is 0 Å². The first-order chi connectivity index (χ1) is 19.0. The maximum atomic E-state index is 13.2. The molecule has 0 aromatic heterocycles. The quantitative estimate of drug-likeness (QED) is 0.150. The lowest BCUT2D eigenvalue weighted by atomic mass is 10.2. The fourth-order valence-electron chi connectivity index (χ4n) is 4.20. The van der Waals surface area contributed by atoms with E-state index in [4.69, 9.17) is 9.47 Å². The van der Waals surface area contributed by atoms with Gasteiger partial charge in [0.05, 0.1) is 25.3 Å². The summed E-state index contributed by atoms with van der Waals surface area (Å²) in [6.45, 7) is 0. The van der Waals surface area contributed by atoms with Crippen molar-refractivity contribution in [3.05, 3.63) is 108 Å². The zero-order valence-electron chi connectivity index (χ0n) is 21.6. The Hall–Kier alpha value is -3.08. The molecule has 0 saturated carbocycles. The fraction of sp³-hybridized carbons (Fsp3) is 0.200. The van der Waals surface area contributed by atoms with E-state index in [0.29, 0.717) is 23.8 Å². The Labute approximate surface area is 231 Å². The molecule has 0 spiro atoms. The molecule has 0 N–H and O–H groups in total. The number of ether oxygens (including phenoxy) is 2. The molecule has 4 aromatic rings. The maximum Gasteiger partial charge on any atom is 0.416 e. The van der Waals surface area contributed by atoms with Crippen LogP contribution in [-0.4, -0.2) is 26.5 Å². The van der Waals surface area contributed by atoms with Crippen LogP contribution in [0.25, 0.3) is 0 Å². The Morgan fingerprint density at radius 2 is 0.700 bits per heavy atom. The highest BCUT2D eigenvalue weighted by Crippen LogP contribution is 2.42. The molecule has 2 atom stereocenters. The Morgan fingerprint density at radius 3 is 0.925 bits per heavy atom. The molecule has 0 heterocycles. The van der Waals surface area contributed by atoms with Gasteiger partial charge >= 0.3 is 12.4 Å². The number of alkyl halides is 6. The van der Waals surface area contributed by atoms with E-state index in [1.54, 1.807) is 14.2 Å².